The highest BCUT2D eigenvalue weighted by molar-refractivity contribution is 6.30. The predicted molar refractivity (Wildman–Crippen MR) is 100 cm³/mol. The topological polar surface area (TPSA) is 41.6 Å². The molecule has 0 spiro atoms. The van der Waals surface area contributed by atoms with Gasteiger partial charge in [-0.2, -0.15) is 5.26 Å². The lowest BCUT2D eigenvalue weighted by atomic mass is 10.1. The Bertz CT molecular complexity index is 1090. The summed E-state index contributed by atoms with van der Waals surface area (Å²) in [6.07, 6.45) is 0. The van der Waals surface area contributed by atoms with Gasteiger partial charge in [0.15, 0.2) is 0 Å². The van der Waals surface area contributed by atoms with E-state index in [1.54, 1.807) is 0 Å². The number of imidazole rings is 1. The van der Waals surface area contributed by atoms with Gasteiger partial charge in [0, 0.05) is 17.1 Å². The number of hydrogen-bond acceptors (Lipinski definition) is 2. The molecule has 4 aromatic rings. The van der Waals surface area contributed by atoms with Crippen molar-refractivity contribution >= 4 is 22.6 Å². The fraction of sp³-hybridized carbons (Fsp3) is 0.0476. The second kappa shape index (κ2) is 6.43. The van der Waals surface area contributed by atoms with Crippen molar-refractivity contribution in [3.8, 4) is 17.5 Å². The van der Waals surface area contributed by atoms with E-state index in [0.717, 1.165) is 33.0 Å². The molecule has 3 nitrogen and oxygen atoms in total. The van der Waals surface area contributed by atoms with E-state index in [1.807, 2.05) is 60.7 Å². The lowest BCUT2D eigenvalue weighted by Gasteiger charge is -2.10. The molecule has 4 rings (SSSR count). The Balaban J connectivity index is 1.87. The minimum atomic E-state index is 0.640. The maximum atomic E-state index is 9.01. The fourth-order valence-corrected chi connectivity index (χ4v) is 3.18. The molecule has 0 N–H and O–H groups in total. The van der Waals surface area contributed by atoms with Gasteiger partial charge >= 0.3 is 0 Å². The number of para-hydroxylation sites is 2. The first kappa shape index (κ1) is 15.4. The highest BCUT2D eigenvalue weighted by atomic mass is 35.5. The van der Waals surface area contributed by atoms with E-state index >= 15 is 0 Å². The number of halogens is 1. The summed E-state index contributed by atoms with van der Waals surface area (Å²) in [5.74, 6) is 0.880. The monoisotopic (exact) mass is 343 g/mol. The smallest absolute Gasteiger partial charge is 0.141 e. The first-order valence-corrected chi connectivity index (χ1v) is 8.32. The summed E-state index contributed by atoms with van der Waals surface area (Å²) in [6.45, 7) is 0.677. The average Bonchev–Trinajstić information content (AvgIpc) is 3.00. The van der Waals surface area contributed by atoms with Gasteiger partial charge in [-0.3, -0.25) is 0 Å². The Morgan fingerprint density at radius 1 is 0.960 bits per heavy atom. The van der Waals surface area contributed by atoms with Crippen LogP contribution in [0.15, 0.2) is 72.8 Å². The predicted octanol–water partition coefficient (Wildman–Crippen LogP) is 5.28. The molecule has 25 heavy (non-hydrogen) atoms. The molecule has 0 saturated heterocycles. The molecule has 3 aromatic carbocycles. The van der Waals surface area contributed by atoms with Crippen LogP contribution in [0, 0.1) is 11.3 Å². The number of nitriles is 1. The Hall–Kier alpha value is -3.09. The molecule has 0 fully saturated rings. The minimum absolute atomic E-state index is 0.640. The Morgan fingerprint density at radius 2 is 1.76 bits per heavy atom. The second-order valence-electron chi connectivity index (χ2n) is 5.83. The molecule has 0 unspecified atom stereocenters. The Labute approximate surface area is 150 Å². The highest BCUT2D eigenvalue weighted by Crippen LogP contribution is 2.26. The molecule has 120 valence electrons. The summed E-state index contributed by atoms with van der Waals surface area (Å²) in [4.78, 5) is 4.80. The van der Waals surface area contributed by atoms with Crippen LogP contribution in [-0.2, 0) is 6.54 Å². The van der Waals surface area contributed by atoms with Crippen molar-refractivity contribution in [2.24, 2.45) is 0 Å². The third-order valence-corrected chi connectivity index (χ3v) is 4.39. The van der Waals surface area contributed by atoms with Crippen molar-refractivity contribution in [2.75, 3.05) is 0 Å². The molecule has 0 radical (unpaired) electrons. The third kappa shape index (κ3) is 3.00. The van der Waals surface area contributed by atoms with E-state index in [4.69, 9.17) is 21.8 Å². The van der Waals surface area contributed by atoms with E-state index in [2.05, 4.69) is 22.8 Å². The molecule has 1 heterocycles. The van der Waals surface area contributed by atoms with Gasteiger partial charge in [0.2, 0.25) is 0 Å². The van der Waals surface area contributed by atoms with Gasteiger partial charge in [0.25, 0.3) is 0 Å². The molecule has 1 aromatic heterocycles. The van der Waals surface area contributed by atoms with E-state index in [1.165, 1.54) is 0 Å². The van der Waals surface area contributed by atoms with Crippen molar-refractivity contribution in [3.05, 3.63) is 88.9 Å². The molecule has 0 aliphatic heterocycles. The summed E-state index contributed by atoms with van der Waals surface area (Å²) in [6, 6.07) is 25.6. The van der Waals surface area contributed by atoms with Crippen LogP contribution < -0.4 is 0 Å². The molecule has 0 atom stereocenters. The zero-order chi connectivity index (χ0) is 17.2. The van der Waals surface area contributed by atoms with Crippen LogP contribution in [0.5, 0.6) is 0 Å². The molecule has 0 amide bonds. The normalized spacial score (nSPS) is 10.7. The molecular formula is C21H14ClN3. The van der Waals surface area contributed by atoms with Crippen LogP contribution in [0.3, 0.4) is 0 Å². The average molecular weight is 344 g/mol. The number of rotatable bonds is 3. The first-order chi connectivity index (χ1) is 12.2. The van der Waals surface area contributed by atoms with Crippen LogP contribution in [0.1, 0.15) is 11.1 Å². The number of aromatic nitrogens is 2. The van der Waals surface area contributed by atoms with Gasteiger partial charge in [0.05, 0.1) is 22.7 Å². The SMILES string of the molecule is N#Cc1ccc(-c2nc3ccccc3n2Cc2cccc(Cl)c2)cc1. The van der Waals surface area contributed by atoms with Crippen molar-refractivity contribution in [3.63, 3.8) is 0 Å². The van der Waals surface area contributed by atoms with Crippen LogP contribution in [-0.4, -0.2) is 9.55 Å². The van der Waals surface area contributed by atoms with Gasteiger partial charge in [-0.05, 0) is 54.1 Å². The van der Waals surface area contributed by atoms with E-state index in [-0.39, 0.29) is 0 Å². The Morgan fingerprint density at radius 3 is 2.52 bits per heavy atom. The minimum Gasteiger partial charge on any atom is -0.319 e. The first-order valence-electron chi connectivity index (χ1n) is 7.95. The fourth-order valence-electron chi connectivity index (χ4n) is 2.97. The van der Waals surface area contributed by atoms with E-state index < -0.39 is 0 Å². The highest BCUT2D eigenvalue weighted by Gasteiger charge is 2.13. The second-order valence-corrected chi connectivity index (χ2v) is 6.27. The summed E-state index contributed by atoms with van der Waals surface area (Å²) in [5.41, 5.74) is 4.76. The van der Waals surface area contributed by atoms with Crippen molar-refractivity contribution in [1.29, 1.82) is 5.26 Å². The summed E-state index contributed by atoms with van der Waals surface area (Å²) < 4.78 is 2.18. The van der Waals surface area contributed by atoms with Crippen LogP contribution in [0.25, 0.3) is 22.4 Å². The standard InChI is InChI=1S/C21H14ClN3/c22-18-5-3-4-16(12-18)14-25-20-7-2-1-6-19(20)24-21(25)17-10-8-15(13-23)9-11-17/h1-12H,14H2. The van der Waals surface area contributed by atoms with E-state index in [9.17, 15) is 0 Å². The zero-order valence-corrected chi connectivity index (χ0v) is 14.1. The summed E-state index contributed by atoms with van der Waals surface area (Å²) in [5, 5.41) is 9.73. The van der Waals surface area contributed by atoms with Gasteiger partial charge in [-0.1, -0.05) is 35.9 Å². The lowest BCUT2D eigenvalue weighted by Crippen LogP contribution is -2.02. The largest absolute Gasteiger partial charge is 0.319 e. The quantitative estimate of drug-likeness (QED) is 0.508. The number of fused-ring (bicyclic) bond motifs is 1. The van der Waals surface area contributed by atoms with Gasteiger partial charge in [0.1, 0.15) is 5.82 Å². The van der Waals surface area contributed by atoms with Crippen LogP contribution in [0.4, 0.5) is 0 Å². The van der Waals surface area contributed by atoms with Gasteiger partial charge < -0.3 is 4.57 Å². The van der Waals surface area contributed by atoms with Crippen molar-refractivity contribution < 1.29 is 0 Å². The molecule has 4 heteroatoms. The summed E-state index contributed by atoms with van der Waals surface area (Å²) >= 11 is 6.14. The summed E-state index contributed by atoms with van der Waals surface area (Å²) in [7, 11) is 0. The zero-order valence-electron chi connectivity index (χ0n) is 13.4. The van der Waals surface area contributed by atoms with Gasteiger partial charge in [-0.25, -0.2) is 4.98 Å². The molecule has 0 saturated carbocycles. The molecule has 0 bridgehead atoms. The molecule has 0 aliphatic rings. The maximum Gasteiger partial charge on any atom is 0.141 e. The Kier molecular flexibility index (Phi) is 3.97. The number of hydrogen-bond donors (Lipinski definition) is 0. The lowest BCUT2D eigenvalue weighted by molar-refractivity contribution is 0.834. The van der Waals surface area contributed by atoms with Crippen LogP contribution >= 0.6 is 11.6 Å². The number of nitrogens with zero attached hydrogens (tertiary/aromatic N) is 3. The molecular weight excluding hydrogens is 330 g/mol. The maximum absolute atomic E-state index is 9.01. The number of benzene rings is 3. The van der Waals surface area contributed by atoms with Crippen molar-refractivity contribution in [2.45, 2.75) is 6.54 Å². The van der Waals surface area contributed by atoms with Crippen molar-refractivity contribution in [1.82, 2.24) is 9.55 Å². The van der Waals surface area contributed by atoms with Gasteiger partial charge in [-0.15, -0.1) is 0 Å². The van der Waals surface area contributed by atoms with Crippen LogP contribution in [0.2, 0.25) is 5.02 Å². The third-order valence-electron chi connectivity index (χ3n) is 4.16. The molecule has 0 aliphatic carbocycles. The van der Waals surface area contributed by atoms with E-state index in [0.29, 0.717) is 12.1 Å².